The number of hydrogen-bond donors (Lipinski definition) is 2. The fourth-order valence-corrected chi connectivity index (χ4v) is 1.34. The van der Waals surface area contributed by atoms with Gasteiger partial charge in [0.25, 0.3) is 0 Å². The largest absolute Gasteiger partial charge is 0.391 e. The maximum atomic E-state index is 12.1. The maximum absolute atomic E-state index is 12.1. The fraction of sp³-hybridized carbons (Fsp3) is 0.917. The minimum absolute atomic E-state index is 0.0485. The van der Waals surface area contributed by atoms with Crippen molar-refractivity contribution in [1.82, 2.24) is 5.32 Å². The molecule has 0 spiro atoms. The van der Waals surface area contributed by atoms with Crippen LogP contribution in [-0.4, -0.2) is 28.6 Å². The summed E-state index contributed by atoms with van der Waals surface area (Å²) in [5, 5.41) is 12.8. The van der Waals surface area contributed by atoms with Crippen LogP contribution in [0.25, 0.3) is 0 Å². The van der Waals surface area contributed by atoms with Crippen LogP contribution in [0.15, 0.2) is 0 Å². The summed E-state index contributed by atoms with van der Waals surface area (Å²) in [5.41, 5.74) is -0.609. The molecule has 0 aromatic rings. The SMILES string of the molecule is C[C@H](O)C(NC(C)(C)C)C(=O)C(C)(C)C. The van der Waals surface area contributed by atoms with E-state index in [2.05, 4.69) is 5.32 Å². The molecule has 0 aliphatic heterocycles. The van der Waals surface area contributed by atoms with Gasteiger partial charge in [-0.25, -0.2) is 0 Å². The molecule has 0 fully saturated rings. The first-order valence-corrected chi connectivity index (χ1v) is 5.45. The zero-order valence-electron chi connectivity index (χ0n) is 11.0. The monoisotopic (exact) mass is 215 g/mol. The molecule has 3 nitrogen and oxygen atoms in total. The molecule has 0 aliphatic carbocycles. The summed E-state index contributed by atoms with van der Waals surface area (Å²) in [4.78, 5) is 12.1. The van der Waals surface area contributed by atoms with Crippen LogP contribution in [-0.2, 0) is 4.79 Å². The van der Waals surface area contributed by atoms with Crippen molar-refractivity contribution in [2.75, 3.05) is 0 Å². The van der Waals surface area contributed by atoms with Gasteiger partial charge in [0, 0.05) is 11.0 Å². The van der Waals surface area contributed by atoms with Crippen molar-refractivity contribution in [3.63, 3.8) is 0 Å². The third-order valence-corrected chi connectivity index (χ3v) is 2.09. The minimum atomic E-state index is -0.670. The van der Waals surface area contributed by atoms with E-state index in [1.54, 1.807) is 6.92 Å². The van der Waals surface area contributed by atoms with E-state index in [4.69, 9.17) is 0 Å². The van der Waals surface area contributed by atoms with Crippen molar-refractivity contribution < 1.29 is 9.90 Å². The number of Topliss-reactive ketones (excluding diaryl/α,β-unsaturated/α-hetero) is 1. The molecule has 2 atom stereocenters. The van der Waals surface area contributed by atoms with Gasteiger partial charge < -0.3 is 10.4 Å². The molecule has 0 amide bonds. The van der Waals surface area contributed by atoms with Gasteiger partial charge in [0.2, 0.25) is 0 Å². The Kier molecular flexibility index (Phi) is 4.49. The van der Waals surface area contributed by atoms with Crippen LogP contribution in [0.4, 0.5) is 0 Å². The molecular weight excluding hydrogens is 190 g/mol. The Morgan fingerprint density at radius 1 is 1.13 bits per heavy atom. The van der Waals surface area contributed by atoms with E-state index in [1.165, 1.54) is 0 Å². The Balaban J connectivity index is 4.77. The van der Waals surface area contributed by atoms with E-state index >= 15 is 0 Å². The lowest BCUT2D eigenvalue weighted by molar-refractivity contribution is -0.131. The van der Waals surface area contributed by atoms with E-state index in [-0.39, 0.29) is 11.3 Å². The molecule has 0 radical (unpaired) electrons. The molecule has 0 saturated carbocycles. The average molecular weight is 215 g/mol. The van der Waals surface area contributed by atoms with Crippen LogP contribution in [0.5, 0.6) is 0 Å². The first-order valence-electron chi connectivity index (χ1n) is 5.45. The number of hydrogen-bond acceptors (Lipinski definition) is 3. The number of carbonyl (C=O) groups is 1. The summed E-state index contributed by atoms with van der Waals surface area (Å²) in [6.07, 6.45) is -0.670. The average Bonchev–Trinajstić information content (AvgIpc) is 1.94. The Bertz CT molecular complexity index is 221. The highest BCUT2D eigenvalue weighted by Gasteiger charge is 2.34. The maximum Gasteiger partial charge on any atom is 0.157 e. The lowest BCUT2D eigenvalue weighted by atomic mass is 9.84. The second-order valence-corrected chi connectivity index (χ2v) is 6.23. The van der Waals surface area contributed by atoms with Gasteiger partial charge in [0.05, 0.1) is 12.1 Å². The molecule has 0 aromatic carbocycles. The number of aliphatic hydroxyl groups is 1. The van der Waals surface area contributed by atoms with Gasteiger partial charge >= 0.3 is 0 Å². The summed E-state index contributed by atoms with van der Waals surface area (Å²) in [6, 6.07) is -0.495. The second kappa shape index (κ2) is 4.62. The van der Waals surface area contributed by atoms with Crippen LogP contribution in [0.3, 0.4) is 0 Å². The van der Waals surface area contributed by atoms with Gasteiger partial charge in [-0.05, 0) is 27.7 Å². The second-order valence-electron chi connectivity index (χ2n) is 6.23. The Labute approximate surface area is 93.3 Å². The molecule has 0 heterocycles. The van der Waals surface area contributed by atoms with Crippen molar-refractivity contribution in [2.45, 2.75) is 66.2 Å². The normalized spacial score (nSPS) is 17.3. The first-order chi connectivity index (χ1) is 6.45. The summed E-state index contributed by atoms with van der Waals surface area (Å²) in [6.45, 7) is 13.2. The molecule has 15 heavy (non-hydrogen) atoms. The van der Waals surface area contributed by atoms with E-state index in [0.29, 0.717) is 0 Å². The lowest BCUT2D eigenvalue weighted by Gasteiger charge is -2.33. The Morgan fingerprint density at radius 2 is 1.53 bits per heavy atom. The number of rotatable bonds is 3. The third-order valence-electron chi connectivity index (χ3n) is 2.09. The van der Waals surface area contributed by atoms with Crippen LogP contribution in [0.2, 0.25) is 0 Å². The molecule has 0 aromatic heterocycles. The minimum Gasteiger partial charge on any atom is -0.391 e. The van der Waals surface area contributed by atoms with Crippen molar-refractivity contribution in [2.24, 2.45) is 5.41 Å². The molecule has 0 saturated heterocycles. The van der Waals surface area contributed by atoms with Crippen molar-refractivity contribution >= 4 is 5.78 Å². The highest BCUT2D eigenvalue weighted by atomic mass is 16.3. The van der Waals surface area contributed by atoms with Gasteiger partial charge in [-0.1, -0.05) is 20.8 Å². The molecule has 1 unspecified atom stereocenters. The Morgan fingerprint density at radius 3 is 1.73 bits per heavy atom. The molecular formula is C12H25NO2. The third kappa shape index (κ3) is 5.28. The number of aliphatic hydroxyl groups excluding tert-OH is 1. The van der Waals surface area contributed by atoms with Crippen LogP contribution in [0.1, 0.15) is 48.5 Å². The highest BCUT2D eigenvalue weighted by molar-refractivity contribution is 5.89. The predicted molar refractivity (Wildman–Crippen MR) is 62.8 cm³/mol. The van der Waals surface area contributed by atoms with E-state index in [9.17, 15) is 9.90 Å². The number of nitrogens with one attached hydrogen (secondary N) is 1. The highest BCUT2D eigenvalue weighted by Crippen LogP contribution is 2.19. The van der Waals surface area contributed by atoms with Crippen molar-refractivity contribution in [1.29, 1.82) is 0 Å². The zero-order chi connectivity index (χ0) is 12.4. The topological polar surface area (TPSA) is 49.3 Å². The van der Waals surface area contributed by atoms with Gasteiger partial charge in [-0.15, -0.1) is 0 Å². The van der Waals surface area contributed by atoms with E-state index in [0.717, 1.165) is 0 Å². The standard InChI is InChI=1S/C12H25NO2/c1-8(14)9(13-12(5,6)7)10(15)11(2,3)4/h8-9,13-14H,1-7H3/t8-,9?/m0/s1. The van der Waals surface area contributed by atoms with Crippen LogP contribution >= 0.6 is 0 Å². The van der Waals surface area contributed by atoms with Gasteiger partial charge in [0.15, 0.2) is 5.78 Å². The molecule has 0 aliphatic rings. The summed E-state index contributed by atoms with van der Waals surface area (Å²) < 4.78 is 0. The molecule has 90 valence electrons. The number of carbonyl (C=O) groups excluding carboxylic acids is 1. The van der Waals surface area contributed by atoms with Gasteiger partial charge in [-0.2, -0.15) is 0 Å². The van der Waals surface area contributed by atoms with Crippen LogP contribution in [0, 0.1) is 5.41 Å². The van der Waals surface area contributed by atoms with Crippen molar-refractivity contribution in [3.8, 4) is 0 Å². The summed E-state index contributed by atoms with van der Waals surface area (Å²) in [7, 11) is 0. The van der Waals surface area contributed by atoms with E-state index in [1.807, 2.05) is 41.5 Å². The van der Waals surface area contributed by atoms with Crippen molar-refractivity contribution in [3.05, 3.63) is 0 Å². The van der Waals surface area contributed by atoms with E-state index < -0.39 is 17.6 Å². The molecule has 0 rings (SSSR count). The van der Waals surface area contributed by atoms with Gasteiger partial charge in [-0.3, -0.25) is 4.79 Å². The lowest BCUT2D eigenvalue weighted by Crippen LogP contribution is -2.55. The summed E-state index contributed by atoms with van der Waals surface area (Å²) >= 11 is 0. The van der Waals surface area contributed by atoms with Gasteiger partial charge in [0.1, 0.15) is 0 Å². The smallest absolute Gasteiger partial charge is 0.157 e. The first kappa shape index (κ1) is 14.6. The molecule has 2 N–H and O–H groups in total. The predicted octanol–water partition coefficient (Wildman–Crippen LogP) is 1.74. The Hall–Kier alpha value is -0.410. The quantitative estimate of drug-likeness (QED) is 0.754. The van der Waals surface area contributed by atoms with Crippen LogP contribution < -0.4 is 5.32 Å². The zero-order valence-corrected chi connectivity index (χ0v) is 11.0. The fourth-order valence-electron chi connectivity index (χ4n) is 1.34. The number of ketones is 1. The summed E-state index contributed by atoms with van der Waals surface area (Å²) in [5.74, 6) is 0.0485. The molecule has 3 heteroatoms. The molecule has 0 bridgehead atoms.